The molecule has 2 saturated carbocycles. The van der Waals surface area contributed by atoms with Crippen LogP contribution in [0.25, 0.3) is 11.2 Å². The van der Waals surface area contributed by atoms with Crippen molar-refractivity contribution in [1.82, 2.24) is 14.4 Å². The summed E-state index contributed by atoms with van der Waals surface area (Å²) in [5.41, 5.74) is 4.71. The Balaban J connectivity index is 1.11. The SMILES string of the molecule is C=C(C1CC(CC(=O)c2ccc(Cc3nccn4c(C5=CCN=C5C(F)(F)F)cnc34)cc2C)C1)[C@H]1CC[C@H](C)C1. The van der Waals surface area contributed by atoms with Crippen LogP contribution >= 0.6 is 0 Å². The van der Waals surface area contributed by atoms with Gasteiger partial charge in [0.2, 0.25) is 0 Å². The van der Waals surface area contributed by atoms with E-state index in [1.165, 1.54) is 37.1 Å². The van der Waals surface area contributed by atoms with Gasteiger partial charge in [0.25, 0.3) is 0 Å². The zero-order chi connectivity index (χ0) is 28.9. The normalized spacial score (nSPS) is 24.3. The molecule has 2 atom stereocenters. The van der Waals surface area contributed by atoms with Crippen molar-refractivity contribution in [2.75, 3.05) is 6.54 Å². The fourth-order valence-electron chi connectivity index (χ4n) is 6.97. The molecule has 0 N–H and O–H groups in total. The number of carbonyl (C=O) groups is 1. The van der Waals surface area contributed by atoms with E-state index in [1.807, 2.05) is 25.1 Å². The quantitative estimate of drug-likeness (QED) is 0.210. The van der Waals surface area contributed by atoms with Gasteiger partial charge in [-0.2, -0.15) is 13.2 Å². The molecular formula is C33H35F3N4O. The molecule has 2 aliphatic carbocycles. The molecule has 2 aromatic heterocycles. The molecule has 0 radical (unpaired) electrons. The van der Waals surface area contributed by atoms with Gasteiger partial charge < -0.3 is 0 Å². The second kappa shape index (κ2) is 10.7. The number of hydrogen-bond acceptors (Lipinski definition) is 4. The molecule has 0 bridgehead atoms. The van der Waals surface area contributed by atoms with E-state index in [0.717, 1.165) is 35.4 Å². The number of halogens is 3. The third-order valence-electron chi connectivity index (χ3n) is 9.26. The Kier molecular flexibility index (Phi) is 7.20. The summed E-state index contributed by atoms with van der Waals surface area (Å²) in [5.74, 6) is 2.65. The summed E-state index contributed by atoms with van der Waals surface area (Å²) in [6, 6.07) is 5.84. The highest BCUT2D eigenvalue weighted by atomic mass is 19.4. The molecule has 0 amide bonds. The summed E-state index contributed by atoms with van der Waals surface area (Å²) in [5, 5.41) is 0. The van der Waals surface area contributed by atoms with Crippen LogP contribution in [0.15, 0.2) is 60.0 Å². The summed E-state index contributed by atoms with van der Waals surface area (Å²) in [6.45, 7) is 8.71. The zero-order valence-electron chi connectivity index (χ0n) is 23.5. The van der Waals surface area contributed by atoms with E-state index in [0.29, 0.717) is 47.6 Å². The van der Waals surface area contributed by atoms with Crippen molar-refractivity contribution in [2.24, 2.45) is 28.7 Å². The number of carbonyl (C=O) groups excluding carboxylic acids is 1. The second-order valence-corrected chi connectivity index (χ2v) is 12.2. The van der Waals surface area contributed by atoms with Crippen LogP contribution in [0.3, 0.4) is 0 Å². The van der Waals surface area contributed by atoms with Crippen LogP contribution in [0.2, 0.25) is 0 Å². The van der Waals surface area contributed by atoms with E-state index in [-0.39, 0.29) is 17.9 Å². The Bertz CT molecular complexity index is 1570. The molecule has 2 fully saturated rings. The maximum atomic E-state index is 13.5. The number of imidazole rings is 1. The van der Waals surface area contributed by atoms with Crippen LogP contribution in [0.4, 0.5) is 13.2 Å². The van der Waals surface area contributed by atoms with Gasteiger partial charge in [-0.05, 0) is 67.4 Å². The number of aliphatic imine (C=N–C) groups is 1. The maximum Gasteiger partial charge on any atom is 0.433 e. The fourth-order valence-corrected chi connectivity index (χ4v) is 6.97. The van der Waals surface area contributed by atoms with Crippen LogP contribution in [0.5, 0.6) is 0 Å². The minimum Gasteiger partial charge on any atom is -0.297 e. The van der Waals surface area contributed by atoms with Crippen molar-refractivity contribution in [3.05, 3.63) is 83.1 Å². The standard InChI is InChI=1S/C33H35F3N4O/c1-19-4-6-24(12-19)21(3)25-14-23(15-25)17-30(41)26-7-5-22(13-20(26)2)16-28-32-39-18-29(40(32)11-10-37-28)27-8-9-38-31(27)33(34,35)36/h5,7-8,10-11,13,18-19,23-25H,3-4,6,9,12,14-17H2,1-2H3/t19-,23?,24-,25?/m0/s1. The molecular weight excluding hydrogens is 525 g/mol. The lowest BCUT2D eigenvalue weighted by molar-refractivity contribution is -0.0571. The molecule has 1 aliphatic heterocycles. The van der Waals surface area contributed by atoms with Gasteiger partial charge in [-0.3, -0.25) is 19.2 Å². The van der Waals surface area contributed by atoms with E-state index in [4.69, 9.17) is 0 Å². The number of alkyl halides is 3. The highest BCUT2D eigenvalue weighted by Crippen LogP contribution is 2.47. The number of hydrogen-bond donors (Lipinski definition) is 0. The Morgan fingerprint density at radius 1 is 1.12 bits per heavy atom. The van der Waals surface area contributed by atoms with Crippen LogP contribution in [-0.2, 0) is 6.42 Å². The average molecular weight is 561 g/mol. The number of fused-ring (bicyclic) bond motifs is 1. The number of benzene rings is 1. The van der Waals surface area contributed by atoms with Crippen LogP contribution in [0.1, 0.15) is 78.3 Å². The molecule has 3 aliphatic rings. The molecule has 0 saturated heterocycles. The zero-order valence-corrected chi connectivity index (χ0v) is 23.5. The maximum absolute atomic E-state index is 13.5. The van der Waals surface area contributed by atoms with Crippen LogP contribution in [0, 0.1) is 30.6 Å². The largest absolute Gasteiger partial charge is 0.433 e. The lowest BCUT2D eigenvalue weighted by atomic mass is 9.66. The lowest BCUT2D eigenvalue weighted by Gasteiger charge is -2.38. The Hall–Kier alpha value is -3.55. The Labute approximate surface area is 238 Å². The molecule has 6 rings (SSSR count). The number of ketones is 1. The van der Waals surface area contributed by atoms with E-state index in [1.54, 1.807) is 16.8 Å². The smallest absolute Gasteiger partial charge is 0.297 e. The predicted molar refractivity (Wildman–Crippen MR) is 154 cm³/mol. The molecule has 3 heterocycles. The summed E-state index contributed by atoms with van der Waals surface area (Å²) >= 11 is 0. The Morgan fingerprint density at radius 3 is 2.63 bits per heavy atom. The van der Waals surface area contributed by atoms with Gasteiger partial charge in [-0.15, -0.1) is 0 Å². The monoisotopic (exact) mass is 560 g/mol. The summed E-state index contributed by atoms with van der Waals surface area (Å²) in [4.78, 5) is 25.7. The van der Waals surface area contributed by atoms with E-state index >= 15 is 0 Å². The fraction of sp³-hybridized carbons (Fsp3) is 0.455. The van der Waals surface area contributed by atoms with Gasteiger partial charge in [-0.1, -0.05) is 49.8 Å². The molecule has 5 nitrogen and oxygen atoms in total. The topological polar surface area (TPSA) is 59.6 Å². The first-order valence-electron chi connectivity index (χ1n) is 14.5. The molecule has 8 heteroatoms. The minimum atomic E-state index is -4.53. The number of nitrogens with zero attached hydrogens (tertiary/aromatic N) is 4. The molecule has 1 aromatic carbocycles. The van der Waals surface area contributed by atoms with E-state index < -0.39 is 11.9 Å². The second-order valence-electron chi connectivity index (χ2n) is 12.2. The van der Waals surface area contributed by atoms with Crippen molar-refractivity contribution in [2.45, 2.75) is 65.0 Å². The van der Waals surface area contributed by atoms with Crippen LogP contribution < -0.4 is 0 Å². The van der Waals surface area contributed by atoms with Crippen molar-refractivity contribution >= 4 is 22.7 Å². The van der Waals surface area contributed by atoms with Crippen molar-refractivity contribution in [3.63, 3.8) is 0 Å². The van der Waals surface area contributed by atoms with Gasteiger partial charge in [-0.25, -0.2) is 4.98 Å². The highest BCUT2D eigenvalue weighted by Gasteiger charge is 2.41. The number of aryl methyl sites for hydroxylation is 1. The van der Waals surface area contributed by atoms with Crippen LogP contribution in [-0.4, -0.2) is 38.6 Å². The third-order valence-corrected chi connectivity index (χ3v) is 9.26. The number of rotatable bonds is 8. The average Bonchev–Trinajstić information content (AvgIpc) is 3.65. The van der Waals surface area contributed by atoms with Crippen molar-refractivity contribution < 1.29 is 18.0 Å². The lowest BCUT2D eigenvalue weighted by Crippen LogP contribution is -2.29. The Morgan fingerprint density at radius 2 is 1.93 bits per heavy atom. The predicted octanol–water partition coefficient (Wildman–Crippen LogP) is 7.62. The number of aromatic nitrogens is 3. The molecule has 0 unspecified atom stereocenters. The first-order valence-corrected chi connectivity index (χ1v) is 14.5. The van der Waals surface area contributed by atoms with Crippen molar-refractivity contribution in [1.29, 1.82) is 0 Å². The number of allylic oxidation sites excluding steroid dienone is 2. The van der Waals surface area contributed by atoms with Crippen molar-refractivity contribution in [3.8, 4) is 0 Å². The molecule has 3 aromatic rings. The summed E-state index contributed by atoms with van der Waals surface area (Å²) in [6.07, 6.45) is 8.59. The first kappa shape index (κ1) is 27.6. The van der Waals surface area contributed by atoms with Gasteiger partial charge in [0.05, 0.1) is 24.1 Å². The molecule has 0 spiro atoms. The van der Waals surface area contributed by atoms with Gasteiger partial charge in [0.15, 0.2) is 11.4 Å². The van der Waals surface area contributed by atoms with Gasteiger partial charge in [0.1, 0.15) is 5.71 Å². The molecule has 41 heavy (non-hydrogen) atoms. The number of Topliss-reactive ketones (excluding diaryl/α,β-unsaturated/α-hetero) is 1. The highest BCUT2D eigenvalue weighted by molar-refractivity contribution is 6.27. The van der Waals surface area contributed by atoms with Gasteiger partial charge in [0, 0.05) is 36.4 Å². The van der Waals surface area contributed by atoms with Gasteiger partial charge >= 0.3 is 6.18 Å². The first-order chi connectivity index (χ1) is 19.6. The molecule has 214 valence electrons. The van der Waals surface area contributed by atoms with E-state index in [9.17, 15) is 18.0 Å². The third kappa shape index (κ3) is 5.41. The summed E-state index contributed by atoms with van der Waals surface area (Å²) < 4.78 is 42.0. The summed E-state index contributed by atoms with van der Waals surface area (Å²) in [7, 11) is 0. The van der Waals surface area contributed by atoms with E-state index in [2.05, 4.69) is 28.5 Å². The minimum absolute atomic E-state index is 0.00385.